The van der Waals surface area contributed by atoms with Crippen LogP contribution in [0.2, 0.25) is 0 Å². The van der Waals surface area contributed by atoms with Gasteiger partial charge in [-0.3, -0.25) is 0 Å². The van der Waals surface area contributed by atoms with Crippen molar-refractivity contribution in [2.75, 3.05) is 0 Å². The molecule has 4 nitrogen and oxygen atoms in total. The van der Waals surface area contributed by atoms with E-state index in [9.17, 15) is 9.46 Å². The molecule has 218 valence electrons. The number of phosphoric acid groups is 1. The number of hydrogen-bond acceptors (Lipinski definition) is 4. The van der Waals surface area contributed by atoms with Crippen LogP contribution in [0.3, 0.4) is 0 Å². The minimum absolute atomic E-state index is 0. The van der Waals surface area contributed by atoms with Crippen LogP contribution >= 0.6 is 7.82 Å². The summed E-state index contributed by atoms with van der Waals surface area (Å²) in [6, 6.07) is 8.72. The maximum Gasteiger partial charge on any atom is 1.00 e. The van der Waals surface area contributed by atoms with E-state index in [1.165, 1.54) is 11.1 Å². The minimum Gasteiger partial charge on any atom is -0.736 e. The van der Waals surface area contributed by atoms with Gasteiger partial charge in [0, 0.05) is 28.2 Å². The molecule has 0 N–H and O–H groups in total. The molecule has 1 aliphatic heterocycles. The molecule has 0 spiro atoms. The van der Waals surface area contributed by atoms with Crippen LogP contribution in [0.4, 0.5) is 0 Å². The molecule has 0 unspecified atom stereocenters. The van der Waals surface area contributed by atoms with Crippen molar-refractivity contribution in [3.05, 3.63) is 57.6 Å². The maximum atomic E-state index is 13.6. The number of rotatable bonds is 8. The summed E-state index contributed by atoms with van der Waals surface area (Å²) in [4.78, 5) is 13.6. The molecule has 6 heteroatoms. The van der Waals surface area contributed by atoms with E-state index in [4.69, 9.17) is 9.05 Å². The number of phosphoric ester groups is 1. The maximum absolute atomic E-state index is 13.6. The zero-order valence-electron chi connectivity index (χ0n) is 27.8. The first-order valence-corrected chi connectivity index (χ1v) is 16.3. The Kier molecular flexibility index (Phi) is 10.7. The van der Waals surface area contributed by atoms with E-state index in [0.717, 1.165) is 47.9 Å². The first-order valence-electron chi connectivity index (χ1n) is 14.8. The molecule has 0 saturated heterocycles. The fourth-order valence-corrected chi connectivity index (χ4v) is 6.03. The summed E-state index contributed by atoms with van der Waals surface area (Å²) in [6.07, 6.45) is 3.63. The number of hydrogen-bond donors (Lipinski definition) is 0. The third-order valence-corrected chi connectivity index (χ3v) is 10.9. The quantitative estimate of drug-likeness (QED) is 0.254. The first-order chi connectivity index (χ1) is 17.8. The Bertz CT molecular complexity index is 1180. The summed E-state index contributed by atoms with van der Waals surface area (Å²) in [6.45, 7) is 28.5. The van der Waals surface area contributed by atoms with Gasteiger partial charge in [-0.2, -0.15) is 0 Å². The molecule has 0 saturated carbocycles. The van der Waals surface area contributed by atoms with E-state index < -0.39 is 7.82 Å². The average Bonchev–Trinajstić information content (AvgIpc) is 2.86. The van der Waals surface area contributed by atoms with Gasteiger partial charge in [-0.05, 0) is 58.5 Å². The van der Waals surface area contributed by atoms with Crippen LogP contribution in [-0.2, 0) is 26.2 Å². The van der Waals surface area contributed by atoms with Gasteiger partial charge < -0.3 is 13.9 Å². The fraction of sp³-hybridized carbons (Fsp3) is 0.647. The summed E-state index contributed by atoms with van der Waals surface area (Å²) < 4.78 is 25.6. The Morgan fingerprint density at radius 2 is 0.950 bits per heavy atom. The molecule has 0 bridgehead atoms. The monoisotopic (exact) mass is 578 g/mol. The van der Waals surface area contributed by atoms with Gasteiger partial charge in [0.15, 0.2) is 0 Å². The topological polar surface area (TPSA) is 58.6 Å². The average molecular weight is 579 g/mol. The largest absolute Gasteiger partial charge is 1.00 e. The van der Waals surface area contributed by atoms with Gasteiger partial charge in [0.05, 0.1) is 0 Å². The van der Waals surface area contributed by atoms with Crippen molar-refractivity contribution in [2.45, 2.75) is 143 Å². The molecule has 0 aliphatic carbocycles. The van der Waals surface area contributed by atoms with Gasteiger partial charge in [0.1, 0.15) is 11.5 Å². The molecule has 1 aliphatic rings. The zero-order chi connectivity index (χ0) is 29.8. The van der Waals surface area contributed by atoms with Gasteiger partial charge in [0.2, 0.25) is 0 Å². The van der Waals surface area contributed by atoms with Gasteiger partial charge in [-0.1, -0.05) is 114 Å². The van der Waals surface area contributed by atoms with E-state index in [0.29, 0.717) is 11.5 Å². The van der Waals surface area contributed by atoms with Crippen LogP contribution in [0.15, 0.2) is 24.3 Å². The van der Waals surface area contributed by atoms with Crippen LogP contribution in [0.5, 0.6) is 11.5 Å². The van der Waals surface area contributed by atoms with Crippen LogP contribution in [0.1, 0.15) is 155 Å². The van der Waals surface area contributed by atoms with Crippen LogP contribution in [0.25, 0.3) is 0 Å². The Hall–Kier alpha value is -0.770. The second-order valence-electron chi connectivity index (χ2n) is 14.2. The van der Waals surface area contributed by atoms with E-state index >= 15 is 0 Å². The van der Waals surface area contributed by atoms with Crippen molar-refractivity contribution in [2.24, 2.45) is 0 Å². The standard InChI is InChI=1S/C34H53O4P.Na/c1-14-31(6,7)23-18-25-22(5)26-19-24(32(8,9)15-2)21-28(34(12,13)17-4)30(26)38-39(35,36)37-29(25)27(20-23)33(10,11)16-3;/h18-22H,14-17H2,1-13H3,(H,35,36);/q;+1/p-1. The molecule has 0 aromatic heterocycles. The molecule has 0 radical (unpaired) electrons. The van der Waals surface area contributed by atoms with E-state index in [1.54, 1.807) is 0 Å². The molecule has 2 aromatic carbocycles. The molecule has 2 aromatic rings. The normalized spacial score (nSPS) is 19.8. The summed E-state index contributed by atoms with van der Waals surface area (Å²) >= 11 is 0. The molecule has 3 rings (SSSR count). The van der Waals surface area contributed by atoms with Crippen molar-refractivity contribution >= 4 is 7.82 Å². The Balaban J connectivity index is 0.00000560. The van der Waals surface area contributed by atoms with Crippen molar-refractivity contribution in [3.8, 4) is 11.5 Å². The second-order valence-corrected chi connectivity index (χ2v) is 15.4. The van der Waals surface area contributed by atoms with Crippen molar-refractivity contribution < 1.29 is 48.1 Å². The summed E-state index contributed by atoms with van der Waals surface area (Å²) in [5.74, 6) is 0.740. The fourth-order valence-electron chi connectivity index (χ4n) is 5.14. The summed E-state index contributed by atoms with van der Waals surface area (Å²) in [5.41, 5.74) is 5.38. The number of benzene rings is 2. The molecule has 1 heterocycles. The third-order valence-electron chi connectivity index (χ3n) is 10.1. The van der Waals surface area contributed by atoms with Gasteiger partial charge in [-0.15, -0.1) is 0 Å². The predicted molar refractivity (Wildman–Crippen MR) is 163 cm³/mol. The third kappa shape index (κ3) is 6.73. The molecule has 40 heavy (non-hydrogen) atoms. The summed E-state index contributed by atoms with van der Waals surface area (Å²) in [5, 5.41) is 0. The molecule has 0 fully saturated rings. The Morgan fingerprint density at radius 3 is 1.23 bits per heavy atom. The van der Waals surface area contributed by atoms with Crippen LogP contribution < -0.4 is 43.5 Å². The zero-order valence-corrected chi connectivity index (χ0v) is 30.7. The van der Waals surface area contributed by atoms with Gasteiger partial charge >= 0.3 is 37.4 Å². The van der Waals surface area contributed by atoms with Gasteiger partial charge in [0.25, 0.3) is 0 Å². The smallest absolute Gasteiger partial charge is 0.736 e. The van der Waals surface area contributed by atoms with Crippen molar-refractivity contribution in [1.29, 1.82) is 0 Å². The predicted octanol–water partition coefficient (Wildman–Crippen LogP) is 6.83. The molecular formula is C34H52NaO4P. The van der Waals surface area contributed by atoms with E-state index in [-0.39, 0.29) is 57.1 Å². The first kappa shape index (κ1) is 35.4. The molecule has 0 amide bonds. The van der Waals surface area contributed by atoms with Crippen molar-refractivity contribution in [3.63, 3.8) is 0 Å². The Morgan fingerprint density at radius 1 is 0.650 bits per heavy atom. The van der Waals surface area contributed by atoms with Crippen molar-refractivity contribution in [1.82, 2.24) is 0 Å². The molecular weight excluding hydrogens is 526 g/mol. The molecule has 0 atom stereocenters. The van der Waals surface area contributed by atoms with E-state index in [1.807, 2.05) is 0 Å². The minimum atomic E-state index is -4.74. The number of fused-ring (bicyclic) bond motifs is 2. The SMILES string of the molecule is CCC(C)(C)c1cc2c(c(C(C)(C)CC)c1)OP(=O)([O-])Oc1c(cc(C(C)(C)CC)cc1C(C)(C)CC)C2C.[Na+]. The van der Waals surface area contributed by atoms with Gasteiger partial charge in [-0.25, -0.2) is 4.57 Å². The second kappa shape index (κ2) is 12.1. The summed E-state index contributed by atoms with van der Waals surface area (Å²) in [7, 11) is -4.74. The Labute approximate surface area is 266 Å². The van der Waals surface area contributed by atoms with E-state index in [2.05, 4.69) is 114 Å². The van der Waals surface area contributed by atoms with Crippen LogP contribution in [0, 0.1) is 0 Å². The van der Waals surface area contributed by atoms with Crippen LogP contribution in [-0.4, -0.2) is 0 Å².